The van der Waals surface area contributed by atoms with Crippen LogP contribution in [0.1, 0.15) is 15.9 Å². The predicted octanol–water partition coefficient (Wildman–Crippen LogP) is 2.40. The van der Waals surface area contributed by atoms with Crippen LogP contribution in [0.2, 0.25) is 0 Å². The van der Waals surface area contributed by atoms with Crippen molar-refractivity contribution in [3.63, 3.8) is 0 Å². The number of hydrogen-bond donors (Lipinski definition) is 1. The Hall–Kier alpha value is -2.89. The minimum atomic E-state index is -0.496. The molecule has 0 radical (unpaired) electrons. The molecular formula is C19H21FN2O3. The monoisotopic (exact) mass is 344 g/mol. The van der Waals surface area contributed by atoms with Crippen molar-refractivity contribution in [2.45, 2.75) is 6.92 Å². The van der Waals surface area contributed by atoms with Crippen molar-refractivity contribution in [3.05, 3.63) is 65.5 Å². The van der Waals surface area contributed by atoms with Crippen molar-refractivity contribution in [1.82, 2.24) is 10.2 Å². The molecule has 5 nitrogen and oxygen atoms in total. The summed E-state index contributed by atoms with van der Waals surface area (Å²) in [5.41, 5.74) is 1.28. The second-order valence-electron chi connectivity index (χ2n) is 5.67. The SMILES string of the molecule is Cc1cccc(OCCN(C)C(=O)CNC(=O)c2cccc(F)c2)c1. The molecule has 6 heteroatoms. The van der Waals surface area contributed by atoms with E-state index in [2.05, 4.69) is 5.32 Å². The topological polar surface area (TPSA) is 58.6 Å². The summed E-state index contributed by atoms with van der Waals surface area (Å²) >= 11 is 0. The molecule has 0 atom stereocenters. The molecule has 0 aromatic heterocycles. The zero-order chi connectivity index (χ0) is 18.2. The van der Waals surface area contributed by atoms with Crippen LogP contribution in [0.4, 0.5) is 4.39 Å². The van der Waals surface area contributed by atoms with Gasteiger partial charge in [-0.1, -0.05) is 18.2 Å². The molecule has 2 amide bonds. The van der Waals surface area contributed by atoms with Gasteiger partial charge in [-0.3, -0.25) is 9.59 Å². The minimum absolute atomic E-state index is 0.156. The molecule has 2 rings (SSSR count). The van der Waals surface area contributed by atoms with Gasteiger partial charge in [0.25, 0.3) is 5.91 Å². The Morgan fingerprint density at radius 2 is 1.92 bits per heavy atom. The van der Waals surface area contributed by atoms with Gasteiger partial charge in [0, 0.05) is 12.6 Å². The number of ether oxygens (including phenoxy) is 1. The Balaban J connectivity index is 1.73. The number of nitrogens with zero attached hydrogens (tertiary/aromatic N) is 1. The maximum absolute atomic E-state index is 13.1. The van der Waals surface area contributed by atoms with Crippen molar-refractivity contribution >= 4 is 11.8 Å². The maximum atomic E-state index is 13.1. The zero-order valence-corrected chi connectivity index (χ0v) is 14.3. The molecule has 0 aliphatic rings. The average Bonchev–Trinajstić information content (AvgIpc) is 2.59. The summed E-state index contributed by atoms with van der Waals surface area (Å²) in [5.74, 6) is -0.487. The summed E-state index contributed by atoms with van der Waals surface area (Å²) in [5, 5.41) is 2.48. The van der Waals surface area contributed by atoms with Crippen molar-refractivity contribution in [3.8, 4) is 5.75 Å². The van der Waals surface area contributed by atoms with Crippen LogP contribution in [0.3, 0.4) is 0 Å². The van der Waals surface area contributed by atoms with E-state index in [9.17, 15) is 14.0 Å². The number of rotatable bonds is 7. The molecule has 0 saturated carbocycles. The summed E-state index contributed by atoms with van der Waals surface area (Å²) in [4.78, 5) is 25.4. The Morgan fingerprint density at radius 3 is 2.64 bits per heavy atom. The van der Waals surface area contributed by atoms with Gasteiger partial charge in [-0.15, -0.1) is 0 Å². The van der Waals surface area contributed by atoms with Crippen LogP contribution in [0, 0.1) is 12.7 Å². The van der Waals surface area contributed by atoms with E-state index >= 15 is 0 Å². The first kappa shape index (κ1) is 18.4. The van der Waals surface area contributed by atoms with Gasteiger partial charge in [-0.2, -0.15) is 0 Å². The lowest BCUT2D eigenvalue weighted by atomic mass is 10.2. The van der Waals surface area contributed by atoms with Crippen LogP contribution in [-0.2, 0) is 4.79 Å². The molecular weight excluding hydrogens is 323 g/mol. The lowest BCUT2D eigenvalue weighted by Crippen LogP contribution is -2.39. The van der Waals surface area contributed by atoms with Crippen molar-refractivity contribution in [2.75, 3.05) is 26.7 Å². The number of aryl methyl sites for hydroxylation is 1. The van der Waals surface area contributed by atoms with E-state index in [-0.39, 0.29) is 18.0 Å². The Labute approximate surface area is 146 Å². The average molecular weight is 344 g/mol. The van der Waals surface area contributed by atoms with Crippen LogP contribution in [0.25, 0.3) is 0 Å². The van der Waals surface area contributed by atoms with E-state index in [0.29, 0.717) is 13.2 Å². The Bertz CT molecular complexity index is 749. The van der Waals surface area contributed by atoms with Gasteiger partial charge in [0.05, 0.1) is 13.1 Å². The van der Waals surface area contributed by atoms with Gasteiger partial charge in [-0.25, -0.2) is 4.39 Å². The number of carbonyl (C=O) groups excluding carboxylic acids is 2. The van der Waals surface area contributed by atoms with Crippen LogP contribution in [0.15, 0.2) is 48.5 Å². The zero-order valence-electron chi connectivity index (χ0n) is 14.3. The number of benzene rings is 2. The van der Waals surface area contributed by atoms with Crippen molar-refractivity contribution in [1.29, 1.82) is 0 Å². The number of carbonyl (C=O) groups is 2. The van der Waals surface area contributed by atoms with E-state index in [1.54, 1.807) is 7.05 Å². The molecule has 0 fully saturated rings. The van der Waals surface area contributed by atoms with Gasteiger partial charge in [0.1, 0.15) is 18.2 Å². The van der Waals surface area contributed by atoms with Crippen molar-refractivity contribution in [2.24, 2.45) is 0 Å². The van der Waals surface area contributed by atoms with E-state index in [1.807, 2.05) is 31.2 Å². The minimum Gasteiger partial charge on any atom is -0.492 e. The van der Waals surface area contributed by atoms with Gasteiger partial charge in [0.2, 0.25) is 5.91 Å². The smallest absolute Gasteiger partial charge is 0.251 e. The molecule has 0 aliphatic carbocycles. The molecule has 1 N–H and O–H groups in total. The normalized spacial score (nSPS) is 10.2. The number of likely N-dealkylation sites (N-methyl/N-ethyl adjacent to an activating group) is 1. The highest BCUT2D eigenvalue weighted by molar-refractivity contribution is 5.96. The Kier molecular flexibility index (Phi) is 6.51. The molecule has 25 heavy (non-hydrogen) atoms. The quantitative estimate of drug-likeness (QED) is 0.839. The summed E-state index contributed by atoms with van der Waals surface area (Å²) in [6, 6.07) is 13.0. The third-order valence-electron chi connectivity index (χ3n) is 3.60. The summed E-state index contributed by atoms with van der Waals surface area (Å²) in [6.07, 6.45) is 0. The largest absolute Gasteiger partial charge is 0.492 e. The standard InChI is InChI=1S/C19H21FN2O3/c1-14-5-3-8-17(11-14)25-10-9-22(2)18(23)13-21-19(24)15-6-4-7-16(20)12-15/h3-8,11-12H,9-10,13H2,1-2H3,(H,21,24). The lowest BCUT2D eigenvalue weighted by Gasteiger charge is -2.18. The fourth-order valence-corrected chi connectivity index (χ4v) is 2.15. The molecule has 2 aromatic carbocycles. The predicted molar refractivity (Wildman–Crippen MR) is 93.0 cm³/mol. The van der Waals surface area contributed by atoms with Gasteiger partial charge < -0.3 is 15.0 Å². The first-order chi connectivity index (χ1) is 12.0. The molecule has 132 valence electrons. The van der Waals surface area contributed by atoms with Gasteiger partial charge >= 0.3 is 0 Å². The van der Waals surface area contributed by atoms with Gasteiger partial charge in [0.15, 0.2) is 0 Å². The van der Waals surface area contributed by atoms with E-state index in [1.165, 1.54) is 23.1 Å². The fourth-order valence-electron chi connectivity index (χ4n) is 2.15. The Morgan fingerprint density at radius 1 is 1.16 bits per heavy atom. The number of halogens is 1. The first-order valence-corrected chi connectivity index (χ1v) is 7.93. The second-order valence-corrected chi connectivity index (χ2v) is 5.67. The third kappa shape index (κ3) is 5.91. The van der Waals surface area contributed by atoms with E-state index in [4.69, 9.17) is 4.74 Å². The van der Waals surface area contributed by atoms with Gasteiger partial charge in [-0.05, 0) is 42.8 Å². The number of hydrogen-bond acceptors (Lipinski definition) is 3. The molecule has 0 unspecified atom stereocenters. The second kappa shape index (κ2) is 8.82. The number of amides is 2. The summed E-state index contributed by atoms with van der Waals surface area (Å²) in [7, 11) is 1.64. The van der Waals surface area contributed by atoms with Crippen LogP contribution >= 0.6 is 0 Å². The highest BCUT2D eigenvalue weighted by Crippen LogP contribution is 2.12. The lowest BCUT2D eigenvalue weighted by molar-refractivity contribution is -0.129. The number of nitrogens with one attached hydrogen (secondary N) is 1. The molecule has 0 bridgehead atoms. The van der Waals surface area contributed by atoms with Crippen LogP contribution in [0.5, 0.6) is 5.75 Å². The summed E-state index contributed by atoms with van der Waals surface area (Å²) < 4.78 is 18.7. The molecule has 0 spiro atoms. The fraction of sp³-hybridized carbons (Fsp3) is 0.263. The maximum Gasteiger partial charge on any atom is 0.251 e. The third-order valence-corrected chi connectivity index (χ3v) is 3.60. The first-order valence-electron chi connectivity index (χ1n) is 7.93. The van der Waals surface area contributed by atoms with E-state index < -0.39 is 11.7 Å². The van der Waals surface area contributed by atoms with Crippen molar-refractivity contribution < 1.29 is 18.7 Å². The molecule has 0 heterocycles. The highest BCUT2D eigenvalue weighted by Gasteiger charge is 2.12. The summed E-state index contributed by atoms with van der Waals surface area (Å²) in [6.45, 7) is 2.56. The molecule has 2 aromatic rings. The molecule has 0 saturated heterocycles. The van der Waals surface area contributed by atoms with E-state index in [0.717, 1.165) is 17.4 Å². The van der Waals surface area contributed by atoms with Crippen LogP contribution in [-0.4, -0.2) is 43.5 Å². The van der Waals surface area contributed by atoms with Crippen LogP contribution < -0.4 is 10.1 Å². The highest BCUT2D eigenvalue weighted by atomic mass is 19.1. The molecule has 0 aliphatic heterocycles.